The fourth-order valence-electron chi connectivity index (χ4n) is 1.70. The van der Waals surface area contributed by atoms with Crippen molar-refractivity contribution in [1.29, 1.82) is 0 Å². The molecular formula is C11H15N7O. The summed E-state index contributed by atoms with van der Waals surface area (Å²) in [6.45, 7) is 3.63. The number of hydrazine groups is 1. The lowest BCUT2D eigenvalue weighted by molar-refractivity contribution is 0.0937. The van der Waals surface area contributed by atoms with Gasteiger partial charge in [0.2, 0.25) is 0 Å². The second kappa shape index (κ2) is 5.44. The number of nitrogens with one attached hydrogen (secondary N) is 3. The van der Waals surface area contributed by atoms with E-state index < -0.39 is 0 Å². The molecule has 8 heteroatoms. The number of nitrogens with two attached hydrogens (primary N) is 1. The van der Waals surface area contributed by atoms with Gasteiger partial charge in [0.1, 0.15) is 0 Å². The summed E-state index contributed by atoms with van der Waals surface area (Å²) >= 11 is 0. The summed E-state index contributed by atoms with van der Waals surface area (Å²) in [6.07, 6.45) is 0. The lowest BCUT2D eigenvalue weighted by Gasteiger charge is -2.12. The molecule has 0 aliphatic heterocycles. The zero-order chi connectivity index (χ0) is 13.8. The van der Waals surface area contributed by atoms with Crippen LogP contribution in [0.1, 0.15) is 34.7 Å². The van der Waals surface area contributed by atoms with Crippen LogP contribution in [0.3, 0.4) is 0 Å². The number of aromatic nitrogens is 4. The molecule has 1 amide bonds. The number of benzene rings is 1. The summed E-state index contributed by atoms with van der Waals surface area (Å²) < 4.78 is 0. The number of amides is 1. The van der Waals surface area contributed by atoms with E-state index in [0.717, 1.165) is 11.3 Å². The molecule has 1 heterocycles. The van der Waals surface area contributed by atoms with Crippen molar-refractivity contribution in [3.63, 3.8) is 0 Å². The van der Waals surface area contributed by atoms with Gasteiger partial charge in [-0.15, -0.1) is 10.2 Å². The maximum atomic E-state index is 12.1. The Kier molecular flexibility index (Phi) is 3.71. The fourth-order valence-corrected chi connectivity index (χ4v) is 1.70. The second-order valence-electron chi connectivity index (χ2n) is 4.14. The van der Waals surface area contributed by atoms with Crippen molar-refractivity contribution in [2.45, 2.75) is 19.9 Å². The molecule has 0 saturated heterocycles. The number of carbonyl (C=O) groups is 1. The van der Waals surface area contributed by atoms with Gasteiger partial charge in [0, 0.05) is 11.3 Å². The van der Waals surface area contributed by atoms with Gasteiger partial charge >= 0.3 is 0 Å². The Morgan fingerprint density at radius 2 is 2.26 bits per heavy atom. The van der Waals surface area contributed by atoms with Gasteiger partial charge in [0.05, 0.1) is 6.04 Å². The molecule has 0 aliphatic rings. The number of aromatic amines is 1. The first-order valence-corrected chi connectivity index (χ1v) is 5.73. The number of nitrogen functional groups attached to an aromatic ring is 1. The molecule has 0 bridgehead atoms. The Morgan fingerprint density at radius 1 is 1.47 bits per heavy atom. The van der Waals surface area contributed by atoms with Crippen LogP contribution in [0.5, 0.6) is 0 Å². The van der Waals surface area contributed by atoms with Crippen molar-refractivity contribution in [2.24, 2.45) is 5.84 Å². The molecule has 8 nitrogen and oxygen atoms in total. The third-order valence-corrected chi connectivity index (χ3v) is 2.73. The Labute approximate surface area is 109 Å². The monoisotopic (exact) mass is 261 g/mol. The van der Waals surface area contributed by atoms with Crippen molar-refractivity contribution >= 4 is 11.6 Å². The van der Waals surface area contributed by atoms with E-state index in [1.54, 1.807) is 25.1 Å². The molecule has 0 saturated carbocycles. The number of H-pyrrole nitrogens is 1. The van der Waals surface area contributed by atoms with Gasteiger partial charge in [-0.25, -0.2) is 0 Å². The summed E-state index contributed by atoms with van der Waals surface area (Å²) in [5.41, 5.74) is 4.69. The number of carbonyl (C=O) groups excluding carboxylic acids is 1. The molecule has 5 N–H and O–H groups in total. The van der Waals surface area contributed by atoms with Gasteiger partial charge in [-0.1, -0.05) is 5.21 Å². The van der Waals surface area contributed by atoms with Crippen LogP contribution in [0.4, 0.5) is 5.69 Å². The van der Waals surface area contributed by atoms with Crippen LogP contribution in [0, 0.1) is 6.92 Å². The van der Waals surface area contributed by atoms with E-state index in [1.807, 2.05) is 6.92 Å². The van der Waals surface area contributed by atoms with Gasteiger partial charge in [-0.05, 0) is 37.6 Å². The summed E-state index contributed by atoms with van der Waals surface area (Å²) in [5, 5.41) is 16.2. The second-order valence-corrected chi connectivity index (χ2v) is 4.14. The zero-order valence-electron chi connectivity index (χ0n) is 10.6. The molecule has 19 heavy (non-hydrogen) atoms. The standard InChI is InChI=1S/C11H15N7O/c1-6-5-8(14-12)3-4-9(6)11(19)13-7(2)10-15-17-18-16-10/h3-5,7,14H,12H2,1-2H3,(H,13,19)(H,15,16,17,18). The van der Waals surface area contributed by atoms with Crippen LogP contribution < -0.4 is 16.6 Å². The highest BCUT2D eigenvalue weighted by Gasteiger charge is 2.16. The zero-order valence-corrected chi connectivity index (χ0v) is 10.6. The first kappa shape index (κ1) is 13.0. The Balaban J connectivity index is 2.12. The number of aryl methyl sites for hydroxylation is 1. The number of hydrogen-bond acceptors (Lipinski definition) is 6. The smallest absolute Gasteiger partial charge is 0.252 e. The summed E-state index contributed by atoms with van der Waals surface area (Å²) in [4.78, 5) is 12.1. The van der Waals surface area contributed by atoms with Crippen LogP contribution in [0.25, 0.3) is 0 Å². The lowest BCUT2D eigenvalue weighted by Crippen LogP contribution is -2.28. The molecule has 0 aliphatic carbocycles. The van der Waals surface area contributed by atoms with Crippen LogP contribution >= 0.6 is 0 Å². The molecule has 1 aromatic carbocycles. The van der Waals surface area contributed by atoms with E-state index in [2.05, 4.69) is 31.4 Å². The SMILES string of the molecule is Cc1cc(NN)ccc1C(=O)NC(C)c1nn[nH]n1. The van der Waals surface area contributed by atoms with Crippen LogP contribution in [0.15, 0.2) is 18.2 Å². The van der Waals surface area contributed by atoms with Gasteiger partial charge < -0.3 is 10.7 Å². The van der Waals surface area contributed by atoms with Gasteiger partial charge in [0.25, 0.3) is 5.91 Å². The van der Waals surface area contributed by atoms with Crippen molar-refractivity contribution in [3.8, 4) is 0 Å². The van der Waals surface area contributed by atoms with E-state index in [0.29, 0.717) is 11.4 Å². The molecule has 2 rings (SSSR count). The molecule has 2 aromatic rings. The average Bonchev–Trinajstić information content (AvgIpc) is 2.92. The van der Waals surface area contributed by atoms with Crippen LogP contribution in [-0.2, 0) is 0 Å². The van der Waals surface area contributed by atoms with E-state index in [1.165, 1.54) is 0 Å². The minimum absolute atomic E-state index is 0.196. The number of nitrogens with zero attached hydrogens (tertiary/aromatic N) is 3. The molecule has 0 radical (unpaired) electrons. The number of rotatable bonds is 4. The topological polar surface area (TPSA) is 122 Å². The summed E-state index contributed by atoms with van der Waals surface area (Å²) in [5.74, 6) is 5.55. The molecule has 1 atom stereocenters. The Hall–Kier alpha value is -2.48. The molecule has 100 valence electrons. The molecule has 1 unspecified atom stereocenters. The summed E-state index contributed by atoms with van der Waals surface area (Å²) in [6, 6.07) is 4.93. The predicted octanol–water partition coefficient (Wildman–Crippen LogP) is 0.285. The van der Waals surface area contributed by atoms with Crippen LogP contribution in [0.2, 0.25) is 0 Å². The Bertz CT molecular complexity index is 566. The first-order chi connectivity index (χ1) is 9.11. The minimum Gasteiger partial charge on any atom is -0.342 e. The summed E-state index contributed by atoms with van der Waals surface area (Å²) in [7, 11) is 0. The van der Waals surface area contributed by atoms with E-state index in [4.69, 9.17) is 5.84 Å². The molecule has 0 fully saturated rings. The molecular weight excluding hydrogens is 246 g/mol. The molecule has 1 aromatic heterocycles. The largest absolute Gasteiger partial charge is 0.342 e. The maximum Gasteiger partial charge on any atom is 0.252 e. The van der Waals surface area contributed by atoms with Gasteiger partial charge in [-0.3, -0.25) is 10.6 Å². The van der Waals surface area contributed by atoms with Gasteiger partial charge in [0.15, 0.2) is 5.82 Å². The van der Waals surface area contributed by atoms with Crippen molar-refractivity contribution < 1.29 is 4.79 Å². The normalized spacial score (nSPS) is 11.9. The predicted molar refractivity (Wildman–Crippen MR) is 69.0 cm³/mol. The number of tetrazole rings is 1. The highest BCUT2D eigenvalue weighted by atomic mass is 16.1. The van der Waals surface area contributed by atoms with Gasteiger partial charge in [-0.2, -0.15) is 5.21 Å². The fraction of sp³-hybridized carbons (Fsp3) is 0.273. The van der Waals surface area contributed by atoms with Crippen LogP contribution in [-0.4, -0.2) is 26.5 Å². The average molecular weight is 261 g/mol. The molecule has 0 spiro atoms. The Morgan fingerprint density at radius 3 is 2.84 bits per heavy atom. The van der Waals surface area contributed by atoms with Crippen molar-refractivity contribution in [3.05, 3.63) is 35.2 Å². The minimum atomic E-state index is -0.321. The highest BCUT2D eigenvalue weighted by Crippen LogP contribution is 2.15. The van der Waals surface area contributed by atoms with Crippen molar-refractivity contribution in [1.82, 2.24) is 25.9 Å². The third kappa shape index (κ3) is 2.86. The van der Waals surface area contributed by atoms with E-state index in [-0.39, 0.29) is 11.9 Å². The number of hydrogen-bond donors (Lipinski definition) is 4. The number of anilines is 1. The van der Waals surface area contributed by atoms with E-state index >= 15 is 0 Å². The highest BCUT2D eigenvalue weighted by molar-refractivity contribution is 5.96. The maximum absolute atomic E-state index is 12.1. The lowest BCUT2D eigenvalue weighted by atomic mass is 10.1. The van der Waals surface area contributed by atoms with Crippen molar-refractivity contribution in [2.75, 3.05) is 5.43 Å². The van der Waals surface area contributed by atoms with E-state index in [9.17, 15) is 4.79 Å². The first-order valence-electron chi connectivity index (χ1n) is 5.73. The quantitative estimate of drug-likeness (QED) is 0.463. The third-order valence-electron chi connectivity index (χ3n) is 2.73.